The van der Waals surface area contributed by atoms with E-state index in [9.17, 15) is 4.21 Å². The predicted molar refractivity (Wildman–Crippen MR) is 50.6 cm³/mol. The second-order valence-electron chi connectivity index (χ2n) is 2.47. The summed E-state index contributed by atoms with van der Waals surface area (Å²) in [5, 5.41) is 0.275. The van der Waals surface area contributed by atoms with Gasteiger partial charge in [-0.25, -0.2) is 4.21 Å². The molecule has 0 heterocycles. The topological polar surface area (TPSA) is 37.3 Å². The van der Waals surface area contributed by atoms with Crippen LogP contribution >= 0.6 is 11.6 Å². The van der Waals surface area contributed by atoms with Crippen LogP contribution in [-0.4, -0.2) is 8.76 Å². The first-order valence-corrected chi connectivity index (χ1v) is 5.01. The molecule has 1 rings (SSSR count). The largest absolute Gasteiger partial charge is 0.306 e. The molecule has 0 aromatic heterocycles. The molecule has 0 aliphatic rings. The van der Waals surface area contributed by atoms with Crippen LogP contribution in [0, 0.1) is 0 Å². The van der Waals surface area contributed by atoms with E-state index in [2.05, 4.69) is 0 Å². The highest BCUT2D eigenvalue weighted by atomic mass is 35.5. The smallest absolute Gasteiger partial charge is 0.160 e. The van der Waals surface area contributed by atoms with Crippen LogP contribution < -0.4 is 0 Å². The average molecular weight is 205 g/mol. The molecule has 0 aliphatic carbocycles. The zero-order chi connectivity index (χ0) is 9.14. The Balaban J connectivity index is 2.89. The minimum absolute atomic E-state index is 0.359. The van der Waals surface area contributed by atoms with Crippen molar-refractivity contribution in [2.75, 3.05) is 0 Å². The lowest BCUT2D eigenvalue weighted by molar-refractivity contribution is 0.554. The van der Waals surface area contributed by atoms with Gasteiger partial charge in [0.1, 0.15) is 0 Å². The molecule has 2 nitrogen and oxygen atoms in total. The van der Waals surface area contributed by atoms with Crippen LogP contribution in [0.1, 0.15) is 17.7 Å². The Morgan fingerprint density at radius 3 is 2.33 bits per heavy atom. The maximum absolute atomic E-state index is 10.7. The van der Waals surface area contributed by atoms with Gasteiger partial charge in [0.25, 0.3) is 0 Å². The number of halogens is 1. The first-order chi connectivity index (χ1) is 5.61. The second-order valence-corrected chi connectivity index (χ2v) is 4.17. The van der Waals surface area contributed by atoms with Crippen molar-refractivity contribution in [1.29, 1.82) is 0 Å². The van der Waals surface area contributed by atoms with Crippen molar-refractivity contribution >= 4 is 22.7 Å². The molecule has 0 spiro atoms. The van der Waals surface area contributed by atoms with Crippen LogP contribution in [0.3, 0.4) is 0 Å². The molecule has 2 unspecified atom stereocenters. The molecule has 0 fully saturated rings. The fourth-order valence-electron chi connectivity index (χ4n) is 0.850. The lowest BCUT2D eigenvalue weighted by atomic mass is 10.2. The summed E-state index contributed by atoms with van der Waals surface area (Å²) in [6, 6.07) is 6.92. The van der Waals surface area contributed by atoms with Gasteiger partial charge in [-0.2, -0.15) is 0 Å². The summed E-state index contributed by atoms with van der Waals surface area (Å²) >= 11 is 3.85. The van der Waals surface area contributed by atoms with Crippen molar-refractivity contribution in [3.63, 3.8) is 0 Å². The minimum Gasteiger partial charge on any atom is -0.306 e. The van der Waals surface area contributed by atoms with Crippen molar-refractivity contribution < 1.29 is 8.76 Å². The van der Waals surface area contributed by atoms with Gasteiger partial charge in [-0.05, 0) is 24.6 Å². The van der Waals surface area contributed by atoms with Gasteiger partial charge in [-0.15, -0.1) is 0 Å². The highest BCUT2D eigenvalue weighted by Crippen LogP contribution is 2.19. The predicted octanol–water partition coefficient (Wildman–Crippen LogP) is 2.62. The molecule has 1 N–H and O–H groups in total. The standard InChI is InChI=1S/C8H9ClO2S/c1-6(12(10)11)7-2-4-8(9)5-3-7/h2-6H,1H3,(H,10,11). The normalized spacial score (nSPS) is 15.6. The third-order valence-corrected chi connectivity index (χ3v) is 2.77. The minimum atomic E-state index is -1.81. The number of hydrogen-bond acceptors (Lipinski definition) is 1. The summed E-state index contributed by atoms with van der Waals surface area (Å²) < 4.78 is 19.4. The molecule has 0 saturated heterocycles. The SMILES string of the molecule is CC(c1ccc(Cl)cc1)S(=O)O. The molecule has 12 heavy (non-hydrogen) atoms. The fourth-order valence-corrected chi connectivity index (χ4v) is 1.37. The van der Waals surface area contributed by atoms with Gasteiger partial charge in [-0.1, -0.05) is 23.7 Å². The van der Waals surface area contributed by atoms with E-state index in [0.717, 1.165) is 5.56 Å². The van der Waals surface area contributed by atoms with Crippen LogP contribution in [0.25, 0.3) is 0 Å². The van der Waals surface area contributed by atoms with E-state index >= 15 is 0 Å². The van der Waals surface area contributed by atoms with Crippen LogP contribution in [-0.2, 0) is 11.1 Å². The lowest BCUT2D eigenvalue weighted by Crippen LogP contribution is -1.99. The Labute approximate surface area is 78.8 Å². The monoisotopic (exact) mass is 204 g/mol. The van der Waals surface area contributed by atoms with Gasteiger partial charge in [0, 0.05) is 5.02 Å². The maximum Gasteiger partial charge on any atom is 0.160 e. The van der Waals surface area contributed by atoms with Crippen molar-refractivity contribution in [3.8, 4) is 0 Å². The third-order valence-electron chi connectivity index (χ3n) is 1.64. The van der Waals surface area contributed by atoms with Crippen molar-refractivity contribution in [3.05, 3.63) is 34.9 Å². The molecule has 0 saturated carbocycles. The molecule has 0 amide bonds. The average Bonchev–Trinajstić information content (AvgIpc) is 2.04. The van der Waals surface area contributed by atoms with Gasteiger partial charge >= 0.3 is 0 Å². The summed E-state index contributed by atoms with van der Waals surface area (Å²) in [5.41, 5.74) is 0.820. The molecule has 2 atom stereocenters. The van der Waals surface area contributed by atoms with Crippen LogP contribution in [0.2, 0.25) is 5.02 Å². The summed E-state index contributed by atoms with van der Waals surface area (Å²) in [6.07, 6.45) is 0. The Kier molecular flexibility index (Phi) is 3.26. The highest BCUT2D eigenvalue weighted by molar-refractivity contribution is 7.79. The summed E-state index contributed by atoms with van der Waals surface area (Å²) in [5.74, 6) is 0. The molecule has 0 aliphatic heterocycles. The molecular formula is C8H9ClO2S. The Hall–Kier alpha value is -0.380. The highest BCUT2D eigenvalue weighted by Gasteiger charge is 2.10. The van der Waals surface area contributed by atoms with Gasteiger partial charge in [0.15, 0.2) is 11.1 Å². The van der Waals surface area contributed by atoms with Crippen molar-refractivity contribution in [2.45, 2.75) is 12.2 Å². The van der Waals surface area contributed by atoms with E-state index in [0.29, 0.717) is 5.02 Å². The van der Waals surface area contributed by atoms with Gasteiger partial charge in [0.2, 0.25) is 0 Å². The van der Waals surface area contributed by atoms with E-state index in [1.807, 2.05) is 0 Å². The van der Waals surface area contributed by atoms with E-state index in [1.54, 1.807) is 31.2 Å². The molecule has 1 aromatic rings. The van der Waals surface area contributed by atoms with E-state index in [-0.39, 0.29) is 5.25 Å². The molecule has 0 bridgehead atoms. The number of benzene rings is 1. The van der Waals surface area contributed by atoms with Crippen LogP contribution in [0.15, 0.2) is 24.3 Å². The van der Waals surface area contributed by atoms with E-state index < -0.39 is 11.1 Å². The Morgan fingerprint density at radius 2 is 1.92 bits per heavy atom. The van der Waals surface area contributed by atoms with Crippen LogP contribution in [0.5, 0.6) is 0 Å². The number of rotatable bonds is 2. The summed E-state index contributed by atoms with van der Waals surface area (Å²) in [7, 11) is 0. The second kappa shape index (κ2) is 4.03. The Bertz CT molecular complexity index is 284. The van der Waals surface area contributed by atoms with E-state index in [1.165, 1.54) is 0 Å². The zero-order valence-corrected chi connectivity index (χ0v) is 8.10. The van der Waals surface area contributed by atoms with Gasteiger partial charge in [0.05, 0.1) is 5.25 Å². The maximum atomic E-state index is 10.7. The van der Waals surface area contributed by atoms with Crippen molar-refractivity contribution in [2.24, 2.45) is 0 Å². The van der Waals surface area contributed by atoms with E-state index in [4.69, 9.17) is 16.2 Å². The third kappa shape index (κ3) is 2.30. The fraction of sp³-hybridized carbons (Fsp3) is 0.250. The molecule has 4 heteroatoms. The first kappa shape index (κ1) is 9.71. The molecule has 1 aromatic carbocycles. The molecule has 0 radical (unpaired) electrons. The number of hydrogen-bond donors (Lipinski definition) is 1. The van der Waals surface area contributed by atoms with Crippen molar-refractivity contribution in [1.82, 2.24) is 0 Å². The quantitative estimate of drug-likeness (QED) is 0.752. The van der Waals surface area contributed by atoms with Gasteiger partial charge < -0.3 is 4.55 Å². The molecule has 66 valence electrons. The zero-order valence-electron chi connectivity index (χ0n) is 6.53. The lowest BCUT2D eigenvalue weighted by Gasteiger charge is -2.06. The van der Waals surface area contributed by atoms with Gasteiger partial charge in [-0.3, -0.25) is 0 Å². The summed E-state index contributed by atoms with van der Waals surface area (Å²) in [4.78, 5) is 0. The summed E-state index contributed by atoms with van der Waals surface area (Å²) in [6.45, 7) is 1.69. The van der Waals surface area contributed by atoms with Crippen LogP contribution in [0.4, 0.5) is 0 Å². The Morgan fingerprint density at radius 1 is 1.42 bits per heavy atom. The first-order valence-electron chi connectivity index (χ1n) is 3.46. The molecular weight excluding hydrogens is 196 g/mol.